The van der Waals surface area contributed by atoms with Crippen LogP contribution in [0, 0.1) is 13.8 Å². The molecule has 0 spiro atoms. The Labute approximate surface area is 197 Å². The van der Waals surface area contributed by atoms with Crippen LogP contribution in [0.25, 0.3) is 32.5 Å². The van der Waals surface area contributed by atoms with Gasteiger partial charge in [0.05, 0.1) is 11.4 Å². The maximum atomic E-state index is 5.89. The summed E-state index contributed by atoms with van der Waals surface area (Å²) in [5.74, 6) is 1.60. The van der Waals surface area contributed by atoms with E-state index >= 15 is 0 Å². The van der Waals surface area contributed by atoms with Gasteiger partial charge in [-0.3, -0.25) is 4.98 Å². The predicted molar refractivity (Wildman–Crippen MR) is 139 cm³/mol. The number of aryl methyl sites for hydroxylation is 2. The Morgan fingerprint density at radius 3 is 2.70 bits per heavy atom. The van der Waals surface area contributed by atoms with Crippen molar-refractivity contribution in [1.29, 1.82) is 0 Å². The van der Waals surface area contributed by atoms with Crippen LogP contribution in [-0.4, -0.2) is 21.5 Å². The molecule has 0 amide bonds. The number of aromatic nitrogens is 3. The highest BCUT2D eigenvalue weighted by Crippen LogP contribution is 2.30. The highest BCUT2D eigenvalue weighted by Gasteiger charge is 2.08. The lowest BCUT2D eigenvalue weighted by Gasteiger charge is -2.10. The molecular formula is C27H25N5S. The van der Waals surface area contributed by atoms with Crippen molar-refractivity contribution in [3.8, 4) is 22.4 Å². The van der Waals surface area contributed by atoms with Gasteiger partial charge < -0.3 is 11.1 Å². The van der Waals surface area contributed by atoms with Crippen molar-refractivity contribution in [2.24, 2.45) is 0 Å². The zero-order chi connectivity index (χ0) is 22.8. The summed E-state index contributed by atoms with van der Waals surface area (Å²) in [6, 6.07) is 19.0. The second-order valence-electron chi connectivity index (χ2n) is 8.20. The number of fused-ring (bicyclic) bond motifs is 1. The summed E-state index contributed by atoms with van der Waals surface area (Å²) in [6.07, 6.45) is 4.38. The second-order valence-corrected chi connectivity index (χ2v) is 9.11. The Bertz CT molecular complexity index is 1440. The minimum absolute atomic E-state index is 0.669. The van der Waals surface area contributed by atoms with E-state index < -0.39 is 0 Å². The lowest BCUT2D eigenvalue weighted by Crippen LogP contribution is -2.08. The fourth-order valence-electron chi connectivity index (χ4n) is 3.98. The average Bonchev–Trinajstić information content (AvgIpc) is 3.19. The van der Waals surface area contributed by atoms with Gasteiger partial charge in [0.25, 0.3) is 0 Å². The molecule has 0 aliphatic heterocycles. The molecule has 5 nitrogen and oxygen atoms in total. The maximum Gasteiger partial charge on any atom is 0.130 e. The standard InChI is InChI=1S/C27H25N5S/c1-17-16-33-26-7-6-21(12-24(17)26)25-13-27(32-18(2)31-25)30-9-8-19-4-3-5-20(10-19)22-11-23(28)15-29-14-22/h3-7,10-16H,8-9,28H2,1-2H3,(H,30,31,32). The van der Waals surface area contributed by atoms with Crippen molar-refractivity contribution in [3.05, 3.63) is 89.3 Å². The zero-order valence-corrected chi connectivity index (χ0v) is 19.5. The molecule has 0 fully saturated rings. The average molecular weight is 452 g/mol. The quantitative estimate of drug-likeness (QED) is 0.318. The van der Waals surface area contributed by atoms with Crippen LogP contribution in [0.4, 0.5) is 11.5 Å². The first-order chi connectivity index (χ1) is 16.0. The summed E-state index contributed by atoms with van der Waals surface area (Å²) in [4.78, 5) is 13.5. The number of anilines is 2. The molecule has 3 N–H and O–H groups in total. The summed E-state index contributed by atoms with van der Waals surface area (Å²) in [7, 11) is 0. The Kier molecular flexibility index (Phi) is 5.75. The molecule has 5 rings (SSSR count). The molecule has 2 aromatic carbocycles. The van der Waals surface area contributed by atoms with Gasteiger partial charge in [-0.15, -0.1) is 11.3 Å². The van der Waals surface area contributed by atoms with Gasteiger partial charge in [0.15, 0.2) is 0 Å². The van der Waals surface area contributed by atoms with Crippen LogP contribution in [0.3, 0.4) is 0 Å². The topological polar surface area (TPSA) is 76.7 Å². The third kappa shape index (κ3) is 4.71. The SMILES string of the molecule is Cc1nc(NCCc2cccc(-c3cncc(N)c3)c2)cc(-c2ccc3scc(C)c3c2)n1. The van der Waals surface area contributed by atoms with E-state index in [9.17, 15) is 0 Å². The smallest absolute Gasteiger partial charge is 0.130 e. The number of nitrogens with two attached hydrogens (primary N) is 1. The van der Waals surface area contributed by atoms with Gasteiger partial charge in [-0.1, -0.05) is 30.3 Å². The molecule has 0 saturated carbocycles. The number of hydrogen-bond acceptors (Lipinski definition) is 6. The molecule has 0 radical (unpaired) electrons. The third-order valence-electron chi connectivity index (χ3n) is 5.64. The molecule has 0 atom stereocenters. The van der Waals surface area contributed by atoms with E-state index in [2.05, 4.69) is 75.0 Å². The molecule has 164 valence electrons. The largest absolute Gasteiger partial charge is 0.397 e. The van der Waals surface area contributed by atoms with Crippen LogP contribution >= 0.6 is 11.3 Å². The van der Waals surface area contributed by atoms with Gasteiger partial charge in [-0.25, -0.2) is 9.97 Å². The molecule has 0 saturated heterocycles. The Morgan fingerprint density at radius 2 is 1.82 bits per heavy atom. The number of nitrogens with one attached hydrogen (secondary N) is 1. The van der Waals surface area contributed by atoms with E-state index in [0.29, 0.717) is 5.69 Å². The molecule has 0 unspecified atom stereocenters. The van der Waals surface area contributed by atoms with Crippen molar-refractivity contribution in [3.63, 3.8) is 0 Å². The van der Waals surface area contributed by atoms with Gasteiger partial charge >= 0.3 is 0 Å². The Hall–Kier alpha value is -3.77. The number of nitrogens with zero attached hydrogens (tertiary/aromatic N) is 3. The summed E-state index contributed by atoms with van der Waals surface area (Å²) >= 11 is 1.78. The molecule has 0 bridgehead atoms. The van der Waals surface area contributed by atoms with Gasteiger partial charge in [-0.05, 0) is 65.9 Å². The lowest BCUT2D eigenvalue weighted by atomic mass is 10.0. The monoisotopic (exact) mass is 451 g/mol. The minimum Gasteiger partial charge on any atom is -0.397 e. The highest BCUT2D eigenvalue weighted by atomic mass is 32.1. The second kappa shape index (κ2) is 9.00. The van der Waals surface area contributed by atoms with E-state index in [4.69, 9.17) is 5.73 Å². The Morgan fingerprint density at radius 1 is 0.909 bits per heavy atom. The van der Waals surface area contributed by atoms with Gasteiger partial charge in [0.1, 0.15) is 11.6 Å². The fourth-order valence-corrected chi connectivity index (χ4v) is 4.90. The summed E-state index contributed by atoms with van der Waals surface area (Å²) < 4.78 is 1.30. The van der Waals surface area contributed by atoms with Gasteiger partial charge in [-0.2, -0.15) is 0 Å². The molecular weight excluding hydrogens is 426 g/mol. The zero-order valence-electron chi connectivity index (χ0n) is 18.7. The molecule has 0 aliphatic carbocycles. The minimum atomic E-state index is 0.669. The van der Waals surface area contributed by atoms with Crippen molar-refractivity contribution in [2.45, 2.75) is 20.3 Å². The number of rotatable bonds is 6. The summed E-state index contributed by atoms with van der Waals surface area (Å²) in [6.45, 7) is 4.86. The van der Waals surface area contributed by atoms with Crippen molar-refractivity contribution >= 4 is 32.9 Å². The van der Waals surface area contributed by atoms with Crippen LogP contribution in [-0.2, 0) is 6.42 Å². The van der Waals surface area contributed by atoms with Crippen LogP contribution in [0.15, 0.2) is 72.4 Å². The molecule has 33 heavy (non-hydrogen) atoms. The van der Waals surface area contributed by atoms with Gasteiger partial charge in [0.2, 0.25) is 0 Å². The molecule has 0 aliphatic rings. The maximum absolute atomic E-state index is 5.89. The number of thiophene rings is 1. The van der Waals surface area contributed by atoms with Crippen LogP contribution < -0.4 is 11.1 Å². The first kappa shape index (κ1) is 21.1. The molecule has 6 heteroatoms. The number of benzene rings is 2. The van der Waals surface area contributed by atoms with E-state index in [1.807, 2.05) is 25.3 Å². The first-order valence-electron chi connectivity index (χ1n) is 10.9. The predicted octanol–water partition coefficient (Wildman–Crippen LogP) is 6.27. The molecule has 3 heterocycles. The summed E-state index contributed by atoms with van der Waals surface area (Å²) in [5.41, 5.74) is 13.3. The van der Waals surface area contributed by atoms with Crippen LogP contribution in [0.1, 0.15) is 17.0 Å². The Balaban J connectivity index is 1.31. The van der Waals surface area contributed by atoms with Crippen LogP contribution in [0.2, 0.25) is 0 Å². The number of pyridine rings is 1. The molecule has 3 aromatic heterocycles. The van der Waals surface area contributed by atoms with Crippen molar-refractivity contribution in [1.82, 2.24) is 15.0 Å². The molecule has 5 aromatic rings. The van der Waals surface area contributed by atoms with Crippen LogP contribution in [0.5, 0.6) is 0 Å². The number of nitrogen functional groups attached to an aromatic ring is 1. The lowest BCUT2D eigenvalue weighted by molar-refractivity contribution is 0.983. The van der Waals surface area contributed by atoms with E-state index in [1.54, 1.807) is 17.5 Å². The van der Waals surface area contributed by atoms with E-state index in [1.165, 1.54) is 21.2 Å². The van der Waals surface area contributed by atoms with Crippen molar-refractivity contribution < 1.29 is 0 Å². The highest BCUT2D eigenvalue weighted by molar-refractivity contribution is 7.17. The normalized spacial score (nSPS) is 11.1. The van der Waals surface area contributed by atoms with Gasteiger partial charge in [0, 0.05) is 40.8 Å². The summed E-state index contributed by atoms with van der Waals surface area (Å²) in [5, 5.41) is 6.96. The first-order valence-corrected chi connectivity index (χ1v) is 11.8. The van der Waals surface area contributed by atoms with E-state index in [0.717, 1.165) is 47.0 Å². The third-order valence-corrected chi connectivity index (χ3v) is 6.72. The number of hydrogen-bond donors (Lipinski definition) is 2. The fraction of sp³-hybridized carbons (Fsp3) is 0.148. The van der Waals surface area contributed by atoms with Crippen molar-refractivity contribution in [2.75, 3.05) is 17.6 Å². The van der Waals surface area contributed by atoms with E-state index in [-0.39, 0.29) is 0 Å².